The number of fused-ring (bicyclic) bond motifs is 1. The van der Waals surface area contributed by atoms with Crippen LogP contribution in [0.1, 0.15) is 43.5 Å². The molecule has 1 heterocycles. The summed E-state index contributed by atoms with van der Waals surface area (Å²) in [6, 6.07) is 12.5. The van der Waals surface area contributed by atoms with Crippen LogP contribution < -0.4 is 22.1 Å². The van der Waals surface area contributed by atoms with E-state index in [1.54, 1.807) is 0 Å². The van der Waals surface area contributed by atoms with Gasteiger partial charge in [0, 0.05) is 50.7 Å². The topological polar surface area (TPSA) is 98.1 Å². The minimum atomic E-state index is -0.450. The third-order valence-electron chi connectivity index (χ3n) is 6.15. The molecule has 1 fully saturated rings. The van der Waals surface area contributed by atoms with E-state index in [1.807, 2.05) is 18.2 Å². The number of aromatic nitrogens is 1. The zero-order valence-electron chi connectivity index (χ0n) is 18.0. The van der Waals surface area contributed by atoms with Crippen molar-refractivity contribution in [3.8, 4) is 0 Å². The van der Waals surface area contributed by atoms with Gasteiger partial charge in [-0.05, 0) is 91.1 Å². The van der Waals surface area contributed by atoms with E-state index >= 15 is 0 Å². The second-order valence-electron chi connectivity index (χ2n) is 8.32. The Labute approximate surface area is 196 Å². The largest absolute Gasteiger partial charge is 0.380 e. The molecule has 2 aromatic carbocycles. The maximum atomic E-state index is 12.2. The van der Waals surface area contributed by atoms with Crippen molar-refractivity contribution in [3.63, 3.8) is 0 Å². The van der Waals surface area contributed by atoms with E-state index in [2.05, 4.69) is 76.0 Å². The van der Waals surface area contributed by atoms with E-state index in [-0.39, 0.29) is 12.1 Å². The molecule has 4 rings (SSSR count). The molecular formula is C24H30IN5O. The van der Waals surface area contributed by atoms with Gasteiger partial charge in [0.05, 0.1) is 11.3 Å². The zero-order valence-corrected chi connectivity index (χ0v) is 20.1. The molecule has 0 aliphatic heterocycles. The standard InChI is InChI=1S/C24H30IN5O/c1-3-19(26)23(14-5-6-14)29-21-13-20(17(24(27)31)12-18(21)25)28-16-7-8-22-15(11-16)9-10-30(22)4-2/h7-14,19,23,28-29H,3-6,26H2,1-2H3,(H2,27,31)/t19-,23+/m0/s1. The predicted octanol–water partition coefficient (Wildman–Crippen LogP) is 5.04. The number of primary amides is 1. The zero-order chi connectivity index (χ0) is 22.1. The van der Waals surface area contributed by atoms with E-state index in [0.717, 1.165) is 33.3 Å². The van der Waals surface area contributed by atoms with Crippen LogP contribution in [-0.4, -0.2) is 22.6 Å². The molecule has 1 amide bonds. The minimum absolute atomic E-state index is 0.0977. The third-order valence-corrected chi connectivity index (χ3v) is 7.04. The molecule has 0 unspecified atom stereocenters. The molecule has 6 N–H and O–H groups in total. The highest BCUT2D eigenvalue weighted by Crippen LogP contribution is 2.38. The molecule has 164 valence electrons. The number of rotatable bonds is 9. The number of amides is 1. The summed E-state index contributed by atoms with van der Waals surface area (Å²) in [7, 11) is 0. The van der Waals surface area contributed by atoms with Crippen LogP contribution in [0.4, 0.5) is 17.1 Å². The number of nitrogens with zero attached hydrogens (tertiary/aromatic N) is 1. The molecule has 2 atom stereocenters. The molecule has 1 aliphatic rings. The molecule has 31 heavy (non-hydrogen) atoms. The van der Waals surface area contributed by atoms with Gasteiger partial charge in [0.2, 0.25) is 0 Å². The third kappa shape index (κ3) is 4.67. The molecule has 0 radical (unpaired) electrons. The number of anilines is 3. The van der Waals surface area contributed by atoms with E-state index in [4.69, 9.17) is 11.5 Å². The van der Waals surface area contributed by atoms with Crippen LogP contribution in [0.2, 0.25) is 0 Å². The normalized spacial score (nSPS) is 15.6. The molecule has 6 nitrogen and oxygen atoms in total. The maximum Gasteiger partial charge on any atom is 0.250 e. The first kappa shape index (κ1) is 22.0. The fraction of sp³-hybridized carbons (Fsp3) is 0.375. The number of hydrogen-bond acceptors (Lipinski definition) is 4. The van der Waals surface area contributed by atoms with Crippen molar-refractivity contribution in [2.45, 2.75) is 51.7 Å². The Morgan fingerprint density at radius 3 is 2.61 bits per heavy atom. The lowest BCUT2D eigenvalue weighted by atomic mass is 10.0. The van der Waals surface area contributed by atoms with Gasteiger partial charge in [-0.25, -0.2) is 0 Å². The maximum absolute atomic E-state index is 12.2. The van der Waals surface area contributed by atoms with Gasteiger partial charge < -0.3 is 26.7 Å². The smallest absolute Gasteiger partial charge is 0.250 e. The highest BCUT2D eigenvalue weighted by Gasteiger charge is 2.35. The van der Waals surface area contributed by atoms with Crippen molar-refractivity contribution in [3.05, 3.63) is 51.7 Å². The average molecular weight is 531 g/mol. The quantitative estimate of drug-likeness (QED) is 0.291. The van der Waals surface area contributed by atoms with Crippen molar-refractivity contribution in [2.24, 2.45) is 17.4 Å². The summed E-state index contributed by atoms with van der Waals surface area (Å²) in [6.45, 7) is 5.18. The summed E-state index contributed by atoms with van der Waals surface area (Å²) in [5.41, 5.74) is 16.4. The van der Waals surface area contributed by atoms with Crippen molar-refractivity contribution in [1.82, 2.24) is 4.57 Å². The first-order valence-corrected chi connectivity index (χ1v) is 12.0. The van der Waals surface area contributed by atoms with Crippen LogP contribution in [0.25, 0.3) is 10.9 Å². The highest BCUT2D eigenvalue weighted by molar-refractivity contribution is 14.1. The Morgan fingerprint density at radius 2 is 1.97 bits per heavy atom. The molecule has 0 saturated heterocycles. The SMILES string of the molecule is CC[C@H](N)[C@H](Nc1cc(Nc2ccc3c(ccn3CC)c2)c(C(N)=O)cc1I)C1CC1. The fourth-order valence-electron chi connectivity index (χ4n) is 4.16. The Bertz CT molecular complexity index is 1100. The van der Waals surface area contributed by atoms with E-state index in [1.165, 1.54) is 18.4 Å². The molecular weight excluding hydrogens is 501 g/mol. The number of nitrogens with two attached hydrogens (primary N) is 2. The summed E-state index contributed by atoms with van der Waals surface area (Å²) in [5, 5.41) is 8.23. The van der Waals surface area contributed by atoms with E-state index in [9.17, 15) is 4.79 Å². The van der Waals surface area contributed by atoms with Gasteiger partial charge in [-0.2, -0.15) is 0 Å². The lowest BCUT2D eigenvalue weighted by Gasteiger charge is -2.26. The molecule has 3 aromatic rings. The monoisotopic (exact) mass is 531 g/mol. The average Bonchev–Trinajstić information content (AvgIpc) is 3.52. The summed E-state index contributed by atoms with van der Waals surface area (Å²) in [4.78, 5) is 12.2. The number of carbonyl (C=O) groups excluding carboxylic acids is 1. The second-order valence-corrected chi connectivity index (χ2v) is 9.48. The van der Waals surface area contributed by atoms with Crippen LogP contribution >= 0.6 is 22.6 Å². The first-order valence-electron chi connectivity index (χ1n) is 10.9. The molecule has 1 aromatic heterocycles. The fourth-order valence-corrected chi connectivity index (χ4v) is 4.79. The number of carbonyl (C=O) groups is 1. The number of nitrogens with one attached hydrogen (secondary N) is 2. The van der Waals surface area contributed by atoms with E-state index in [0.29, 0.717) is 17.2 Å². The van der Waals surface area contributed by atoms with Crippen molar-refractivity contribution in [1.29, 1.82) is 0 Å². The molecule has 0 bridgehead atoms. The summed E-state index contributed by atoms with van der Waals surface area (Å²) < 4.78 is 3.16. The van der Waals surface area contributed by atoms with Crippen molar-refractivity contribution < 1.29 is 4.79 Å². The second kappa shape index (κ2) is 9.08. The van der Waals surface area contributed by atoms with Gasteiger partial charge in [0.25, 0.3) is 5.91 Å². The highest BCUT2D eigenvalue weighted by atomic mass is 127. The summed E-state index contributed by atoms with van der Waals surface area (Å²) in [6.07, 6.45) is 5.44. The van der Waals surface area contributed by atoms with Crippen LogP contribution in [0.5, 0.6) is 0 Å². The Kier molecular flexibility index (Phi) is 6.43. The molecule has 1 saturated carbocycles. The molecule has 1 aliphatic carbocycles. The van der Waals surface area contributed by atoms with Crippen LogP contribution in [-0.2, 0) is 6.54 Å². The van der Waals surface area contributed by atoms with Gasteiger partial charge in [-0.15, -0.1) is 0 Å². The summed E-state index contributed by atoms with van der Waals surface area (Å²) >= 11 is 2.26. The molecule has 7 heteroatoms. The molecule has 0 spiro atoms. The van der Waals surface area contributed by atoms with Crippen LogP contribution in [0.15, 0.2) is 42.6 Å². The summed E-state index contributed by atoms with van der Waals surface area (Å²) in [5.74, 6) is 0.164. The van der Waals surface area contributed by atoms with Gasteiger partial charge in [0.15, 0.2) is 0 Å². The van der Waals surface area contributed by atoms with Gasteiger partial charge >= 0.3 is 0 Å². The lowest BCUT2D eigenvalue weighted by Crippen LogP contribution is -2.41. The van der Waals surface area contributed by atoms with Crippen molar-refractivity contribution >= 4 is 56.5 Å². The number of aryl methyl sites for hydroxylation is 1. The Balaban J connectivity index is 1.67. The Morgan fingerprint density at radius 1 is 1.19 bits per heavy atom. The number of hydrogen-bond donors (Lipinski definition) is 4. The van der Waals surface area contributed by atoms with Crippen molar-refractivity contribution in [2.75, 3.05) is 10.6 Å². The lowest BCUT2D eigenvalue weighted by molar-refractivity contribution is 0.100. The first-order chi connectivity index (χ1) is 14.9. The minimum Gasteiger partial charge on any atom is -0.380 e. The van der Waals surface area contributed by atoms with Crippen LogP contribution in [0.3, 0.4) is 0 Å². The number of benzene rings is 2. The van der Waals surface area contributed by atoms with Gasteiger partial charge in [-0.3, -0.25) is 4.79 Å². The van der Waals surface area contributed by atoms with Crippen LogP contribution in [0, 0.1) is 9.49 Å². The number of halogens is 1. The van der Waals surface area contributed by atoms with Gasteiger partial charge in [-0.1, -0.05) is 6.92 Å². The Hall–Kier alpha value is -2.26. The van der Waals surface area contributed by atoms with E-state index < -0.39 is 5.91 Å². The van der Waals surface area contributed by atoms with Gasteiger partial charge in [0.1, 0.15) is 0 Å². The predicted molar refractivity (Wildman–Crippen MR) is 137 cm³/mol.